The van der Waals surface area contributed by atoms with Gasteiger partial charge in [-0.2, -0.15) is 4.98 Å². The van der Waals surface area contributed by atoms with E-state index in [1.165, 1.54) is 16.9 Å². The van der Waals surface area contributed by atoms with Gasteiger partial charge in [0.15, 0.2) is 0 Å². The van der Waals surface area contributed by atoms with Gasteiger partial charge in [-0.25, -0.2) is 4.98 Å². The number of aryl methyl sites for hydroxylation is 1. The van der Waals surface area contributed by atoms with Gasteiger partial charge in [-0.1, -0.05) is 5.16 Å². The van der Waals surface area contributed by atoms with Gasteiger partial charge in [-0.05, 0) is 37.6 Å². The van der Waals surface area contributed by atoms with Gasteiger partial charge in [-0.15, -0.1) is 11.3 Å². The number of ether oxygens (including phenoxy) is 2. The maximum atomic E-state index is 5.53. The van der Waals surface area contributed by atoms with E-state index in [2.05, 4.69) is 21.2 Å². The molecule has 0 saturated carbocycles. The molecule has 0 radical (unpaired) electrons. The smallest absolute Gasteiger partial charge is 0.270 e. The highest BCUT2D eigenvalue weighted by atomic mass is 32.1. The number of aromatic nitrogens is 3. The molecule has 24 heavy (non-hydrogen) atoms. The minimum Gasteiger partial charge on any atom is -0.493 e. The van der Waals surface area contributed by atoms with Crippen LogP contribution in [0.15, 0.2) is 22.7 Å². The van der Waals surface area contributed by atoms with Gasteiger partial charge in [0, 0.05) is 19.1 Å². The topological polar surface area (TPSA) is 70.3 Å². The summed E-state index contributed by atoms with van der Waals surface area (Å²) in [6.07, 6.45) is 0.863. The molecule has 0 spiro atoms. The van der Waals surface area contributed by atoms with Gasteiger partial charge in [0.05, 0.1) is 12.3 Å². The van der Waals surface area contributed by atoms with E-state index < -0.39 is 0 Å². The van der Waals surface area contributed by atoms with E-state index in [4.69, 9.17) is 14.0 Å². The van der Waals surface area contributed by atoms with Crippen molar-refractivity contribution in [2.45, 2.75) is 26.4 Å². The molecule has 3 heterocycles. The Morgan fingerprint density at radius 1 is 1.29 bits per heavy atom. The van der Waals surface area contributed by atoms with Crippen LogP contribution >= 0.6 is 11.3 Å². The third-order valence-corrected chi connectivity index (χ3v) is 5.39. The molecular weight excluding hydrogens is 326 g/mol. The van der Waals surface area contributed by atoms with Crippen molar-refractivity contribution in [1.82, 2.24) is 15.1 Å². The predicted octanol–water partition coefficient (Wildman–Crippen LogP) is 3.81. The molecule has 0 amide bonds. The Morgan fingerprint density at radius 2 is 2.17 bits per heavy atom. The van der Waals surface area contributed by atoms with E-state index in [0.29, 0.717) is 11.7 Å². The Kier molecular flexibility index (Phi) is 3.82. The molecule has 1 unspecified atom stereocenters. The molecular formula is C17H17N3O3S. The third-order valence-electron chi connectivity index (χ3n) is 4.08. The van der Waals surface area contributed by atoms with Crippen molar-refractivity contribution in [2.24, 2.45) is 0 Å². The first-order chi connectivity index (χ1) is 11.7. The van der Waals surface area contributed by atoms with Crippen molar-refractivity contribution in [3.05, 3.63) is 34.5 Å². The lowest BCUT2D eigenvalue weighted by atomic mass is 10.1. The minimum atomic E-state index is -0.0541. The van der Waals surface area contributed by atoms with Crippen molar-refractivity contribution in [2.75, 3.05) is 13.7 Å². The first-order valence-electron chi connectivity index (χ1n) is 7.76. The van der Waals surface area contributed by atoms with Crippen LogP contribution in [-0.4, -0.2) is 28.8 Å². The van der Waals surface area contributed by atoms with Gasteiger partial charge in [0.1, 0.15) is 21.7 Å². The second kappa shape index (κ2) is 5.99. The zero-order chi connectivity index (χ0) is 16.7. The van der Waals surface area contributed by atoms with Crippen LogP contribution in [0, 0.1) is 6.92 Å². The molecule has 4 rings (SSSR count). The normalized spacial score (nSPS) is 14.5. The average molecular weight is 343 g/mol. The van der Waals surface area contributed by atoms with Gasteiger partial charge in [0.2, 0.25) is 5.82 Å². The summed E-state index contributed by atoms with van der Waals surface area (Å²) >= 11 is 1.52. The maximum Gasteiger partial charge on any atom is 0.270 e. The Labute approximate surface area is 143 Å². The second-order valence-electron chi connectivity index (χ2n) is 5.69. The molecule has 0 fully saturated rings. The number of rotatable bonds is 4. The lowest BCUT2D eigenvalue weighted by Crippen LogP contribution is -1.94. The number of hydrogen-bond acceptors (Lipinski definition) is 7. The molecule has 1 aliphatic heterocycles. The van der Waals surface area contributed by atoms with Crippen molar-refractivity contribution in [3.63, 3.8) is 0 Å². The number of benzene rings is 1. The highest BCUT2D eigenvalue weighted by Gasteiger charge is 2.20. The Balaban J connectivity index is 1.67. The fraction of sp³-hybridized carbons (Fsp3) is 0.353. The molecule has 6 nitrogen and oxygen atoms in total. The summed E-state index contributed by atoms with van der Waals surface area (Å²) in [4.78, 5) is 9.97. The Hall–Kier alpha value is -2.25. The van der Waals surface area contributed by atoms with E-state index in [1.54, 1.807) is 7.11 Å². The average Bonchev–Trinajstić information content (AvgIpc) is 3.31. The van der Waals surface area contributed by atoms with E-state index in [0.717, 1.165) is 39.9 Å². The summed E-state index contributed by atoms with van der Waals surface area (Å²) in [5.74, 6) is 2.01. The largest absolute Gasteiger partial charge is 0.493 e. The van der Waals surface area contributed by atoms with Gasteiger partial charge >= 0.3 is 0 Å². The quantitative estimate of drug-likeness (QED) is 0.717. The molecule has 1 aromatic carbocycles. The zero-order valence-electron chi connectivity index (χ0n) is 13.7. The predicted molar refractivity (Wildman–Crippen MR) is 90.2 cm³/mol. The van der Waals surface area contributed by atoms with Crippen LogP contribution in [0.3, 0.4) is 0 Å². The molecule has 3 aromatic rings. The van der Waals surface area contributed by atoms with E-state index in [9.17, 15) is 0 Å². The standard InChI is InChI=1S/C17H17N3O3S/c1-9-14(24-17(18-9)10(2)21-3)16-19-15(20-23-16)12-4-5-13-11(8-12)6-7-22-13/h4-5,8,10H,6-7H2,1-3H3. The summed E-state index contributed by atoms with van der Waals surface area (Å²) < 4.78 is 16.3. The highest BCUT2D eigenvalue weighted by Crippen LogP contribution is 2.34. The molecule has 7 heteroatoms. The molecule has 0 aliphatic carbocycles. The molecule has 0 bridgehead atoms. The van der Waals surface area contributed by atoms with Crippen LogP contribution in [0.1, 0.15) is 29.3 Å². The SMILES string of the molecule is COC(C)c1nc(C)c(-c2nc(-c3ccc4c(c3)CCO4)no2)s1. The zero-order valence-corrected chi connectivity index (χ0v) is 14.5. The Bertz CT molecular complexity index is 887. The molecule has 124 valence electrons. The fourth-order valence-electron chi connectivity index (χ4n) is 2.65. The number of methoxy groups -OCH3 is 1. The molecule has 0 N–H and O–H groups in total. The van der Waals surface area contributed by atoms with Crippen LogP contribution in [0.2, 0.25) is 0 Å². The molecule has 2 aromatic heterocycles. The van der Waals surface area contributed by atoms with Crippen molar-refractivity contribution in [1.29, 1.82) is 0 Å². The fourth-order valence-corrected chi connectivity index (χ4v) is 3.67. The lowest BCUT2D eigenvalue weighted by molar-refractivity contribution is 0.119. The molecule has 1 atom stereocenters. The minimum absolute atomic E-state index is 0.0541. The first kappa shape index (κ1) is 15.3. The summed E-state index contributed by atoms with van der Waals surface area (Å²) in [7, 11) is 1.67. The van der Waals surface area contributed by atoms with Gasteiger partial charge in [0.25, 0.3) is 5.89 Å². The van der Waals surface area contributed by atoms with Gasteiger partial charge in [-0.3, -0.25) is 0 Å². The van der Waals surface area contributed by atoms with Gasteiger partial charge < -0.3 is 14.0 Å². The van der Waals surface area contributed by atoms with Crippen molar-refractivity contribution in [3.8, 4) is 27.9 Å². The first-order valence-corrected chi connectivity index (χ1v) is 8.57. The summed E-state index contributed by atoms with van der Waals surface area (Å²) in [6, 6.07) is 5.98. The van der Waals surface area contributed by atoms with Crippen LogP contribution in [0.5, 0.6) is 5.75 Å². The highest BCUT2D eigenvalue weighted by molar-refractivity contribution is 7.15. The third kappa shape index (κ3) is 2.59. The number of hydrogen-bond donors (Lipinski definition) is 0. The molecule has 1 aliphatic rings. The van der Waals surface area contributed by atoms with Crippen LogP contribution in [-0.2, 0) is 11.2 Å². The maximum absolute atomic E-state index is 5.53. The summed E-state index contributed by atoms with van der Waals surface area (Å²) in [5, 5.41) is 5.03. The number of fused-ring (bicyclic) bond motifs is 1. The van der Waals surface area contributed by atoms with E-state index >= 15 is 0 Å². The summed E-state index contributed by atoms with van der Waals surface area (Å²) in [6.45, 7) is 4.64. The lowest BCUT2D eigenvalue weighted by Gasteiger charge is -2.03. The van der Waals surface area contributed by atoms with Crippen molar-refractivity contribution >= 4 is 11.3 Å². The number of thiazole rings is 1. The number of nitrogens with zero attached hydrogens (tertiary/aromatic N) is 3. The van der Waals surface area contributed by atoms with Crippen LogP contribution < -0.4 is 4.74 Å². The van der Waals surface area contributed by atoms with Crippen molar-refractivity contribution < 1.29 is 14.0 Å². The second-order valence-corrected chi connectivity index (χ2v) is 6.72. The Morgan fingerprint density at radius 3 is 3.00 bits per heavy atom. The van der Waals surface area contributed by atoms with E-state index in [-0.39, 0.29) is 6.10 Å². The molecule has 0 saturated heterocycles. The van der Waals surface area contributed by atoms with Crippen LogP contribution in [0.4, 0.5) is 0 Å². The van der Waals surface area contributed by atoms with Crippen LogP contribution in [0.25, 0.3) is 22.2 Å². The monoisotopic (exact) mass is 343 g/mol. The van der Waals surface area contributed by atoms with E-state index in [1.807, 2.05) is 26.0 Å². The summed E-state index contributed by atoms with van der Waals surface area (Å²) in [5.41, 5.74) is 2.99.